The Kier molecular flexibility index (Phi) is 8.32. The van der Waals surface area contributed by atoms with Crippen molar-refractivity contribution in [1.82, 2.24) is 15.1 Å². The van der Waals surface area contributed by atoms with E-state index >= 15 is 0 Å². The first-order valence-electron chi connectivity index (χ1n) is 12.9. The fourth-order valence-corrected chi connectivity index (χ4v) is 5.17. The minimum Gasteiger partial charge on any atom is -0.493 e. The average molecular weight is 550 g/mol. The molecule has 0 bridgehead atoms. The molecule has 0 radical (unpaired) electrons. The number of hydrogen-bond acceptors (Lipinski definition) is 8. The highest BCUT2D eigenvalue weighted by Crippen LogP contribution is 2.50. The number of carbonyl (C=O) groups is 2. The zero-order valence-corrected chi connectivity index (χ0v) is 23.9. The standard InChI is InChI=1S/C29H35N5O6/c1-15-27(16(2)34(4)33-15)32-25(37)14-30-22-11-9-19-20(13-23(22)36)21(31-17(3)35)10-8-18-12-24(38-5)28(39-6)29(40-7)26(18)19/h9,11-13,21H,8,10,14H2,1-7H3,(H,30,36)(H,31,35)(H,32,37). The van der Waals surface area contributed by atoms with Crippen molar-refractivity contribution in [3.63, 3.8) is 0 Å². The second-order valence-corrected chi connectivity index (χ2v) is 9.67. The number of amides is 2. The van der Waals surface area contributed by atoms with Crippen LogP contribution in [-0.4, -0.2) is 49.5 Å². The van der Waals surface area contributed by atoms with Crippen LogP contribution in [-0.2, 0) is 23.1 Å². The topological polar surface area (TPSA) is 133 Å². The molecule has 0 saturated carbocycles. The Balaban J connectivity index is 1.77. The normalized spacial score (nSPS) is 13.8. The highest BCUT2D eigenvalue weighted by atomic mass is 16.5. The Morgan fingerprint density at radius 2 is 1.80 bits per heavy atom. The number of aromatic nitrogens is 2. The quantitative estimate of drug-likeness (QED) is 0.390. The molecule has 212 valence electrons. The van der Waals surface area contributed by atoms with E-state index in [0.717, 1.165) is 16.8 Å². The summed E-state index contributed by atoms with van der Waals surface area (Å²) in [5, 5.41) is 13.1. The maximum atomic E-state index is 13.4. The molecule has 4 rings (SSSR count). The van der Waals surface area contributed by atoms with Gasteiger partial charge in [0.25, 0.3) is 0 Å². The van der Waals surface area contributed by atoms with E-state index in [0.29, 0.717) is 52.6 Å². The molecular formula is C29H35N5O6. The smallest absolute Gasteiger partial charge is 0.243 e. The van der Waals surface area contributed by atoms with Gasteiger partial charge in [0, 0.05) is 19.5 Å². The monoisotopic (exact) mass is 549 g/mol. The number of carbonyl (C=O) groups excluding carboxylic acids is 2. The Bertz CT molecular complexity index is 1530. The summed E-state index contributed by atoms with van der Waals surface area (Å²) in [6.45, 7) is 5.00. The van der Waals surface area contributed by atoms with Crippen molar-refractivity contribution in [1.29, 1.82) is 0 Å². The van der Waals surface area contributed by atoms with E-state index in [1.807, 2.05) is 19.9 Å². The van der Waals surface area contributed by atoms with E-state index < -0.39 is 6.04 Å². The molecule has 2 aromatic carbocycles. The van der Waals surface area contributed by atoms with E-state index in [2.05, 4.69) is 21.0 Å². The van der Waals surface area contributed by atoms with Crippen molar-refractivity contribution in [3.05, 3.63) is 57.0 Å². The van der Waals surface area contributed by atoms with Crippen LogP contribution in [0.3, 0.4) is 0 Å². The molecule has 11 nitrogen and oxygen atoms in total. The number of hydrogen-bond donors (Lipinski definition) is 3. The number of ether oxygens (including phenoxy) is 3. The van der Waals surface area contributed by atoms with Gasteiger partial charge in [-0.05, 0) is 61.6 Å². The number of rotatable bonds is 8. The van der Waals surface area contributed by atoms with Crippen LogP contribution in [0.15, 0.2) is 29.1 Å². The van der Waals surface area contributed by atoms with Gasteiger partial charge in [0.05, 0.1) is 56.7 Å². The van der Waals surface area contributed by atoms with Crippen molar-refractivity contribution < 1.29 is 23.8 Å². The summed E-state index contributed by atoms with van der Waals surface area (Å²) in [6.07, 6.45) is 1.15. The molecule has 1 aliphatic carbocycles. The molecular weight excluding hydrogens is 514 g/mol. The van der Waals surface area contributed by atoms with Gasteiger partial charge in [-0.3, -0.25) is 19.1 Å². The molecule has 3 aromatic rings. The lowest BCUT2D eigenvalue weighted by molar-refractivity contribution is -0.119. The third-order valence-corrected chi connectivity index (χ3v) is 7.13. The highest BCUT2D eigenvalue weighted by molar-refractivity contribution is 5.94. The fourth-order valence-electron chi connectivity index (χ4n) is 5.17. The first-order valence-corrected chi connectivity index (χ1v) is 12.9. The number of anilines is 2. The van der Waals surface area contributed by atoms with Gasteiger partial charge in [-0.15, -0.1) is 0 Å². The molecule has 1 unspecified atom stereocenters. The number of nitrogens with zero attached hydrogens (tertiary/aromatic N) is 2. The van der Waals surface area contributed by atoms with Crippen LogP contribution in [0.1, 0.15) is 41.9 Å². The molecule has 1 atom stereocenters. The number of methoxy groups -OCH3 is 3. The summed E-state index contributed by atoms with van der Waals surface area (Å²) in [7, 11) is 6.45. The third-order valence-electron chi connectivity index (χ3n) is 7.13. The zero-order chi connectivity index (χ0) is 29.1. The molecule has 11 heteroatoms. The highest BCUT2D eigenvalue weighted by Gasteiger charge is 2.29. The molecule has 40 heavy (non-hydrogen) atoms. The van der Waals surface area contributed by atoms with Gasteiger partial charge < -0.3 is 30.2 Å². The summed E-state index contributed by atoms with van der Waals surface area (Å²) in [6, 6.07) is 6.43. The number of aryl methyl sites for hydroxylation is 3. The van der Waals surface area contributed by atoms with Crippen molar-refractivity contribution in [2.75, 3.05) is 38.5 Å². The van der Waals surface area contributed by atoms with E-state index in [9.17, 15) is 14.4 Å². The Morgan fingerprint density at radius 1 is 1.07 bits per heavy atom. The molecule has 1 heterocycles. The fraction of sp³-hybridized carbons (Fsp3) is 0.379. The van der Waals surface area contributed by atoms with Crippen molar-refractivity contribution in [2.24, 2.45) is 7.05 Å². The number of benzene rings is 1. The van der Waals surface area contributed by atoms with Crippen molar-refractivity contribution >= 4 is 23.2 Å². The van der Waals surface area contributed by atoms with Crippen LogP contribution >= 0.6 is 0 Å². The first-order chi connectivity index (χ1) is 19.1. The van der Waals surface area contributed by atoms with Gasteiger partial charge in [0.1, 0.15) is 0 Å². The predicted octanol–water partition coefficient (Wildman–Crippen LogP) is 3.26. The number of nitrogens with one attached hydrogen (secondary N) is 3. The Morgan fingerprint density at radius 3 is 2.40 bits per heavy atom. The van der Waals surface area contributed by atoms with Crippen LogP contribution in [0.25, 0.3) is 11.1 Å². The summed E-state index contributed by atoms with van der Waals surface area (Å²) in [4.78, 5) is 38.3. The van der Waals surface area contributed by atoms with E-state index in [4.69, 9.17) is 14.2 Å². The maximum Gasteiger partial charge on any atom is 0.243 e. The number of fused-ring (bicyclic) bond motifs is 3. The molecule has 1 aromatic heterocycles. The van der Waals surface area contributed by atoms with Crippen molar-refractivity contribution in [2.45, 2.75) is 39.7 Å². The van der Waals surface area contributed by atoms with Gasteiger partial charge in [0.15, 0.2) is 11.5 Å². The summed E-state index contributed by atoms with van der Waals surface area (Å²) < 4.78 is 18.7. The molecule has 2 amide bonds. The lowest BCUT2D eigenvalue weighted by atomic mass is 9.95. The lowest BCUT2D eigenvalue weighted by Gasteiger charge is -2.19. The maximum absolute atomic E-state index is 13.4. The molecule has 0 fully saturated rings. The van der Waals surface area contributed by atoms with E-state index in [-0.39, 0.29) is 29.5 Å². The van der Waals surface area contributed by atoms with Gasteiger partial charge >= 0.3 is 0 Å². The van der Waals surface area contributed by atoms with Crippen molar-refractivity contribution in [3.8, 4) is 28.4 Å². The van der Waals surface area contributed by atoms with Gasteiger partial charge in [-0.1, -0.05) is 6.07 Å². The predicted molar refractivity (Wildman–Crippen MR) is 152 cm³/mol. The van der Waals surface area contributed by atoms with Crippen LogP contribution in [0.2, 0.25) is 0 Å². The summed E-state index contributed by atoms with van der Waals surface area (Å²) in [5.41, 5.74) is 5.14. The first kappa shape index (κ1) is 28.5. The molecule has 1 aliphatic rings. The van der Waals surface area contributed by atoms with Gasteiger partial charge in [-0.25, -0.2) is 0 Å². The second-order valence-electron chi connectivity index (χ2n) is 9.67. The molecule has 0 aliphatic heterocycles. The Labute approximate surface area is 232 Å². The zero-order valence-electron chi connectivity index (χ0n) is 23.9. The van der Waals surface area contributed by atoms with E-state index in [1.165, 1.54) is 20.1 Å². The van der Waals surface area contributed by atoms with Crippen LogP contribution in [0.4, 0.5) is 11.4 Å². The van der Waals surface area contributed by atoms with Crippen LogP contribution < -0.4 is 35.6 Å². The minimum absolute atomic E-state index is 0.127. The summed E-state index contributed by atoms with van der Waals surface area (Å²) >= 11 is 0. The van der Waals surface area contributed by atoms with E-state index in [1.54, 1.807) is 38.1 Å². The van der Waals surface area contributed by atoms with Crippen LogP contribution in [0, 0.1) is 13.8 Å². The second kappa shape index (κ2) is 11.7. The van der Waals surface area contributed by atoms with Gasteiger partial charge in [0.2, 0.25) is 23.0 Å². The Hall–Kier alpha value is -4.54. The molecule has 0 saturated heterocycles. The van der Waals surface area contributed by atoms with Gasteiger partial charge in [-0.2, -0.15) is 5.10 Å². The average Bonchev–Trinajstić information content (AvgIpc) is 3.04. The lowest BCUT2D eigenvalue weighted by Crippen LogP contribution is -2.27. The summed E-state index contributed by atoms with van der Waals surface area (Å²) in [5.74, 6) is 0.898. The SMILES string of the molecule is COc1cc2c(c(OC)c1OC)-c1ccc(NCC(=O)Nc3c(C)nn(C)c3C)c(=O)cc1C(NC(C)=O)CC2. The molecule has 0 spiro atoms. The van der Waals surface area contributed by atoms with Crippen LogP contribution in [0.5, 0.6) is 17.2 Å². The minimum atomic E-state index is -0.422. The largest absolute Gasteiger partial charge is 0.493 e. The molecule has 3 N–H and O–H groups in total. The third kappa shape index (κ3) is 5.45.